The molecule has 0 aromatic heterocycles. The van der Waals surface area contributed by atoms with Crippen LogP contribution in [0.2, 0.25) is 0 Å². The topological polar surface area (TPSA) is 107 Å². The molecule has 3 saturated heterocycles. The van der Waals surface area contributed by atoms with E-state index in [1.165, 1.54) is 0 Å². The van der Waals surface area contributed by atoms with E-state index in [1.54, 1.807) is 19.1 Å². The second-order valence-corrected chi connectivity index (χ2v) is 13.1. The third kappa shape index (κ3) is 5.70. The fourth-order valence-electron chi connectivity index (χ4n) is 7.16. The number of fused-ring (bicyclic) bond motifs is 2. The van der Waals surface area contributed by atoms with Gasteiger partial charge in [0.25, 0.3) is 0 Å². The molecule has 8 nitrogen and oxygen atoms in total. The van der Waals surface area contributed by atoms with Crippen LogP contribution in [-0.2, 0) is 23.7 Å². The molecule has 5 rings (SSSR count). The van der Waals surface area contributed by atoms with E-state index in [1.807, 2.05) is 26.0 Å². The Labute approximate surface area is 248 Å². The highest BCUT2D eigenvalue weighted by Gasteiger charge is 2.59. The summed E-state index contributed by atoms with van der Waals surface area (Å²) in [7, 11) is 0. The summed E-state index contributed by atoms with van der Waals surface area (Å²) in [6.45, 7) is 10.2. The second-order valence-electron chi connectivity index (χ2n) is 12.6. The highest BCUT2D eigenvalue weighted by molar-refractivity contribution is 6.22. The van der Waals surface area contributed by atoms with E-state index in [9.17, 15) is 15.1 Å². The summed E-state index contributed by atoms with van der Waals surface area (Å²) in [6.07, 6.45) is 11.9. The fourth-order valence-corrected chi connectivity index (χ4v) is 7.33. The van der Waals surface area contributed by atoms with Crippen molar-refractivity contribution >= 4 is 23.3 Å². The van der Waals surface area contributed by atoms with Crippen molar-refractivity contribution in [3.8, 4) is 0 Å². The number of nitrogens with zero attached hydrogens (tertiary/aromatic N) is 1. The van der Waals surface area contributed by atoms with Crippen LogP contribution < -0.4 is 0 Å². The van der Waals surface area contributed by atoms with Crippen LogP contribution in [0.5, 0.6) is 0 Å². The van der Waals surface area contributed by atoms with E-state index >= 15 is 0 Å². The van der Waals surface area contributed by atoms with Gasteiger partial charge in [0.15, 0.2) is 5.79 Å². The summed E-state index contributed by atoms with van der Waals surface area (Å²) < 4.78 is 25.5. The number of allylic oxidation sites excluding steroid dienone is 4. The Kier molecular flexibility index (Phi) is 8.89. The zero-order valence-corrected chi connectivity index (χ0v) is 25.5. The predicted molar refractivity (Wildman–Crippen MR) is 156 cm³/mol. The van der Waals surface area contributed by atoms with Gasteiger partial charge in [-0.05, 0) is 56.1 Å². The Morgan fingerprint density at radius 3 is 2.71 bits per heavy atom. The monoisotopic (exact) mass is 589 g/mol. The minimum atomic E-state index is -1.76. The van der Waals surface area contributed by atoms with Gasteiger partial charge >= 0.3 is 5.97 Å². The first-order valence-electron chi connectivity index (χ1n) is 15.0. The number of alkyl halides is 1. The molecule has 2 N–H and O–H groups in total. The quantitative estimate of drug-likeness (QED) is 0.135. The minimum Gasteiger partial charge on any atom is -0.462 e. The number of carbonyl (C=O) groups is 1. The van der Waals surface area contributed by atoms with Gasteiger partial charge in [0.1, 0.15) is 29.4 Å². The van der Waals surface area contributed by atoms with Crippen molar-refractivity contribution in [2.45, 2.75) is 114 Å². The Morgan fingerprint density at radius 1 is 1.20 bits per heavy atom. The molecule has 0 amide bonds. The molecule has 1 spiro atoms. The largest absolute Gasteiger partial charge is 0.462 e. The Morgan fingerprint density at radius 2 is 1.98 bits per heavy atom. The number of rotatable bonds is 1. The Hall–Kier alpha value is -1.97. The van der Waals surface area contributed by atoms with Crippen molar-refractivity contribution in [3.05, 3.63) is 47.1 Å². The Balaban J connectivity index is 1.55. The van der Waals surface area contributed by atoms with Crippen LogP contribution >= 0.6 is 11.6 Å². The van der Waals surface area contributed by atoms with Gasteiger partial charge in [-0.3, -0.25) is 4.79 Å². The first-order chi connectivity index (χ1) is 19.5. The van der Waals surface area contributed by atoms with Crippen molar-refractivity contribution in [2.75, 3.05) is 6.61 Å². The van der Waals surface area contributed by atoms with E-state index < -0.39 is 35.5 Å². The molecule has 5 aliphatic rings. The normalized spacial score (nSPS) is 47.9. The fraction of sp³-hybridized carbons (Fsp3) is 0.688. The molecule has 41 heavy (non-hydrogen) atoms. The van der Waals surface area contributed by atoms with Gasteiger partial charge in [0.2, 0.25) is 0 Å². The third-order valence-electron chi connectivity index (χ3n) is 9.65. The number of ether oxygens (including phenoxy) is 4. The number of esters is 1. The average Bonchev–Trinajstić information content (AvgIpc) is 3.28. The smallest absolute Gasteiger partial charge is 0.316 e. The lowest BCUT2D eigenvalue weighted by molar-refractivity contribution is -0.335. The molecule has 4 heterocycles. The number of halogens is 1. The Bertz CT molecular complexity index is 1180. The van der Waals surface area contributed by atoms with Crippen molar-refractivity contribution < 1.29 is 34.1 Å². The van der Waals surface area contributed by atoms with Gasteiger partial charge in [0.05, 0.1) is 24.2 Å². The number of aliphatic hydroxyl groups is 1. The van der Waals surface area contributed by atoms with Crippen molar-refractivity contribution in [2.24, 2.45) is 22.9 Å². The zero-order valence-electron chi connectivity index (χ0n) is 24.7. The molecule has 0 radical (unpaired) electrons. The maximum absolute atomic E-state index is 14.0. The van der Waals surface area contributed by atoms with Gasteiger partial charge in [-0.25, -0.2) is 0 Å². The van der Waals surface area contributed by atoms with Crippen LogP contribution in [0.3, 0.4) is 0 Å². The van der Waals surface area contributed by atoms with Gasteiger partial charge in [0, 0.05) is 19.3 Å². The first-order valence-corrected chi connectivity index (χ1v) is 15.4. The summed E-state index contributed by atoms with van der Waals surface area (Å²) in [5.74, 6) is -1.98. The molecule has 0 saturated carbocycles. The average molecular weight is 590 g/mol. The number of hydrogen-bond acceptors (Lipinski definition) is 8. The summed E-state index contributed by atoms with van der Waals surface area (Å²) in [5.41, 5.74) is 0.565. The predicted octanol–water partition coefficient (Wildman–Crippen LogP) is 5.61. The third-order valence-corrected chi connectivity index (χ3v) is 10.4. The summed E-state index contributed by atoms with van der Waals surface area (Å²) in [5, 5.41) is 25.1. The van der Waals surface area contributed by atoms with Crippen LogP contribution in [0, 0.1) is 17.8 Å². The van der Waals surface area contributed by atoms with Gasteiger partial charge in [-0.1, -0.05) is 61.9 Å². The molecule has 0 aromatic carbocycles. The second kappa shape index (κ2) is 12.0. The van der Waals surface area contributed by atoms with Gasteiger partial charge in [-0.2, -0.15) is 0 Å². The zero-order chi connectivity index (χ0) is 29.5. The molecule has 226 valence electrons. The van der Waals surface area contributed by atoms with Crippen LogP contribution in [-0.4, -0.2) is 69.8 Å². The highest BCUT2D eigenvalue weighted by atomic mass is 35.5. The summed E-state index contributed by atoms with van der Waals surface area (Å²) in [6, 6.07) is 0. The van der Waals surface area contributed by atoms with Crippen LogP contribution in [0.1, 0.15) is 73.1 Å². The van der Waals surface area contributed by atoms with E-state index in [0.29, 0.717) is 36.3 Å². The summed E-state index contributed by atoms with van der Waals surface area (Å²) >= 11 is 6.86. The lowest BCUT2D eigenvalue weighted by Crippen LogP contribution is -2.57. The number of oxime groups is 1. The van der Waals surface area contributed by atoms with E-state index in [4.69, 9.17) is 30.5 Å². The molecular weight excluding hydrogens is 546 g/mol. The van der Waals surface area contributed by atoms with Crippen molar-refractivity contribution in [1.82, 2.24) is 0 Å². The molecule has 1 aliphatic carbocycles. The van der Waals surface area contributed by atoms with Crippen LogP contribution in [0.25, 0.3) is 0 Å². The molecule has 10 unspecified atom stereocenters. The lowest BCUT2D eigenvalue weighted by Gasteiger charge is -2.49. The maximum Gasteiger partial charge on any atom is 0.316 e. The van der Waals surface area contributed by atoms with E-state index in [2.05, 4.69) is 25.1 Å². The lowest BCUT2D eigenvalue weighted by atomic mass is 9.71. The van der Waals surface area contributed by atoms with E-state index in [-0.39, 0.29) is 35.8 Å². The SMILES string of the molecule is CCC1OC2(CCC1C)CC1CC(C/C=C(\C)C(Cl)C(C)/C=C/C=C3\COC4/C(=N/O)C(C)=CC(C(=O)O1)C34O)O2. The number of hydrogen-bond donors (Lipinski definition) is 2. The van der Waals surface area contributed by atoms with Crippen LogP contribution in [0.15, 0.2) is 52.3 Å². The van der Waals surface area contributed by atoms with E-state index in [0.717, 1.165) is 24.8 Å². The molecule has 3 fully saturated rings. The first kappa shape index (κ1) is 30.5. The minimum absolute atomic E-state index is 0.00843. The molecular formula is C32H44ClNO7. The molecule has 9 heteroatoms. The number of carbonyl (C=O) groups excluding carboxylic acids is 1. The van der Waals surface area contributed by atoms with Gasteiger partial charge < -0.3 is 29.3 Å². The standard InChI is InChI=1S/C32H44ClNO7/c1-6-26-18(2)12-13-31(41-26)16-24-15-23(40-31)11-10-20(4)27(33)19(3)8-7-9-22-17-38-29-28(34-37)21(5)14-25(30(35)39-24)32(22,29)36/h7-10,14,18-19,23-27,29,36-37H,6,11-13,15-17H2,1-5H3/b8-7+,20-10+,22-9+,34-28+. The van der Waals surface area contributed by atoms with Crippen molar-refractivity contribution in [1.29, 1.82) is 0 Å². The molecule has 2 bridgehead atoms. The molecule has 10 atom stereocenters. The highest BCUT2D eigenvalue weighted by Crippen LogP contribution is 2.46. The maximum atomic E-state index is 14.0. The van der Waals surface area contributed by atoms with Crippen molar-refractivity contribution in [3.63, 3.8) is 0 Å². The molecule has 4 aliphatic heterocycles. The molecule has 0 aromatic rings. The van der Waals surface area contributed by atoms with Crippen LogP contribution in [0.4, 0.5) is 0 Å². The van der Waals surface area contributed by atoms with Gasteiger partial charge in [-0.15, -0.1) is 11.6 Å². The summed E-state index contributed by atoms with van der Waals surface area (Å²) in [4.78, 5) is 14.0.